The number of benzene rings is 1. The second-order valence-electron chi connectivity index (χ2n) is 4.33. The number of nitrogens with zero attached hydrogens (tertiary/aromatic N) is 4. The predicted molar refractivity (Wildman–Crippen MR) is 71.0 cm³/mol. The average Bonchev–Trinajstić information content (AvgIpc) is 2.59. The monoisotopic (exact) mass is 262 g/mol. The number of rotatable bonds is 0. The van der Waals surface area contributed by atoms with Gasteiger partial charge in [-0.05, 0) is 13.0 Å². The molecule has 0 radical (unpaired) electrons. The number of aryl methyl sites for hydroxylation is 3. The number of halogens is 1. The maximum atomic E-state index is 12.0. The molecule has 5 nitrogen and oxygen atoms in total. The molecule has 3 rings (SSSR count). The normalized spacial score (nSPS) is 11.6. The zero-order valence-corrected chi connectivity index (χ0v) is 11.0. The van der Waals surface area contributed by atoms with Gasteiger partial charge in [0.2, 0.25) is 0 Å². The molecule has 0 atom stereocenters. The zero-order valence-electron chi connectivity index (χ0n) is 10.2. The number of hydrogen-bond acceptors (Lipinski definition) is 3. The van der Waals surface area contributed by atoms with E-state index in [1.54, 1.807) is 23.2 Å². The third kappa shape index (κ3) is 1.25. The van der Waals surface area contributed by atoms with Gasteiger partial charge in [0, 0.05) is 24.9 Å². The molecular formula is C12H11ClN4O. The van der Waals surface area contributed by atoms with Crippen LogP contribution in [0.1, 0.15) is 5.69 Å². The van der Waals surface area contributed by atoms with Crippen LogP contribution in [0.2, 0.25) is 5.15 Å². The summed E-state index contributed by atoms with van der Waals surface area (Å²) in [5.41, 5.74) is 2.35. The molecule has 18 heavy (non-hydrogen) atoms. The van der Waals surface area contributed by atoms with Gasteiger partial charge < -0.3 is 0 Å². The smallest absolute Gasteiger partial charge is 0.295 e. The molecule has 0 unspecified atom stereocenters. The van der Waals surface area contributed by atoms with E-state index in [-0.39, 0.29) is 5.69 Å². The van der Waals surface area contributed by atoms with Crippen LogP contribution in [0, 0.1) is 6.92 Å². The molecule has 0 N–H and O–H groups in total. The predicted octanol–water partition coefficient (Wildman–Crippen LogP) is 1.78. The Morgan fingerprint density at radius 3 is 2.61 bits per heavy atom. The highest BCUT2D eigenvalue weighted by Gasteiger charge is 2.15. The van der Waals surface area contributed by atoms with Crippen molar-refractivity contribution in [3.05, 3.63) is 33.5 Å². The summed E-state index contributed by atoms with van der Waals surface area (Å²) in [4.78, 5) is 12.0. The van der Waals surface area contributed by atoms with Crippen LogP contribution in [0.15, 0.2) is 16.9 Å². The van der Waals surface area contributed by atoms with E-state index in [1.165, 1.54) is 0 Å². The van der Waals surface area contributed by atoms with E-state index in [4.69, 9.17) is 11.6 Å². The van der Waals surface area contributed by atoms with Gasteiger partial charge in [0.1, 0.15) is 0 Å². The Morgan fingerprint density at radius 1 is 1.17 bits per heavy atom. The van der Waals surface area contributed by atoms with Gasteiger partial charge in [-0.3, -0.25) is 9.13 Å². The molecule has 0 bridgehead atoms. The van der Waals surface area contributed by atoms with Crippen molar-refractivity contribution in [3.63, 3.8) is 0 Å². The molecule has 0 saturated heterocycles. The number of fused-ring (bicyclic) bond motifs is 3. The molecule has 2 heterocycles. The minimum atomic E-state index is -0.0805. The van der Waals surface area contributed by atoms with Crippen molar-refractivity contribution >= 4 is 33.4 Å². The fourth-order valence-corrected chi connectivity index (χ4v) is 2.58. The Hall–Kier alpha value is -1.88. The molecule has 0 fully saturated rings. The summed E-state index contributed by atoms with van der Waals surface area (Å²) in [5.74, 6) is 0. The Labute approximate surface area is 108 Å². The van der Waals surface area contributed by atoms with Crippen LogP contribution in [0.25, 0.3) is 21.8 Å². The quantitative estimate of drug-likeness (QED) is 0.621. The van der Waals surface area contributed by atoms with E-state index in [9.17, 15) is 4.79 Å². The topological polar surface area (TPSA) is 52.7 Å². The van der Waals surface area contributed by atoms with E-state index in [2.05, 4.69) is 10.2 Å². The first-order valence-corrected chi connectivity index (χ1v) is 5.87. The van der Waals surface area contributed by atoms with Crippen molar-refractivity contribution in [1.82, 2.24) is 19.3 Å². The van der Waals surface area contributed by atoms with Crippen LogP contribution < -0.4 is 5.69 Å². The largest absolute Gasteiger partial charge is 0.328 e. The maximum absolute atomic E-state index is 12.0. The zero-order chi connectivity index (χ0) is 13.0. The van der Waals surface area contributed by atoms with E-state index >= 15 is 0 Å². The van der Waals surface area contributed by atoms with Gasteiger partial charge in [0.25, 0.3) is 0 Å². The lowest BCUT2D eigenvalue weighted by molar-refractivity contribution is 0.796. The Balaban J connectivity index is 2.74. The highest BCUT2D eigenvalue weighted by molar-refractivity contribution is 6.36. The Bertz CT molecular complexity index is 847. The Morgan fingerprint density at radius 2 is 1.89 bits per heavy atom. The summed E-state index contributed by atoms with van der Waals surface area (Å²) in [6.45, 7) is 1.87. The van der Waals surface area contributed by atoms with Crippen LogP contribution in [-0.4, -0.2) is 19.3 Å². The summed E-state index contributed by atoms with van der Waals surface area (Å²) in [6, 6.07) is 3.83. The van der Waals surface area contributed by atoms with Crippen LogP contribution >= 0.6 is 11.6 Å². The molecule has 0 aliphatic heterocycles. The number of hydrogen-bond donors (Lipinski definition) is 0. The first-order valence-electron chi connectivity index (χ1n) is 5.49. The molecule has 0 aliphatic carbocycles. The van der Waals surface area contributed by atoms with Gasteiger partial charge in [-0.2, -0.15) is 5.10 Å². The summed E-state index contributed by atoms with van der Waals surface area (Å²) in [5, 5.41) is 9.95. The third-order valence-corrected chi connectivity index (χ3v) is 3.58. The van der Waals surface area contributed by atoms with Crippen molar-refractivity contribution in [2.75, 3.05) is 0 Å². The van der Waals surface area contributed by atoms with Crippen LogP contribution in [0.4, 0.5) is 0 Å². The van der Waals surface area contributed by atoms with Gasteiger partial charge in [-0.15, -0.1) is 5.10 Å². The summed E-state index contributed by atoms with van der Waals surface area (Å²) in [7, 11) is 3.47. The molecule has 3 aromatic rings. The molecule has 0 amide bonds. The summed E-state index contributed by atoms with van der Waals surface area (Å²) in [6.07, 6.45) is 0. The van der Waals surface area contributed by atoms with E-state index in [0.29, 0.717) is 5.15 Å². The lowest BCUT2D eigenvalue weighted by Gasteiger charge is -2.05. The first-order chi connectivity index (χ1) is 8.52. The average molecular weight is 263 g/mol. The van der Waals surface area contributed by atoms with Crippen molar-refractivity contribution in [2.24, 2.45) is 14.1 Å². The Kier molecular flexibility index (Phi) is 2.22. The van der Waals surface area contributed by atoms with Crippen LogP contribution in [0.3, 0.4) is 0 Å². The van der Waals surface area contributed by atoms with Crippen molar-refractivity contribution < 1.29 is 0 Å². The molecule has 1 aromatic carbocycles. The molecule has 92 valence electrons. The number of aromatic nitrogens is 4. The van der Waals surface area contributed by atoms with E-state index in [1.807, 2.05) is 19.1 Å². The molecular weight excluding hydrogens is 252 g/mol. The second-order valence-corrected chi connectivity index (χ2v) is 4.69. The lowest BCUT2D eigenvalue weighted by Crippen LogP contribution is -2.19. The molecule has 0 saturated carbocycles. The fraction of sp³-hybridized carbons (Fsp3) is 0.250. The maximum Gasteiger partial charge on any atom is 0.328 e. The lowest BCUT2D eigenvalue weighted by atomic mass is 10.1. The SMILES string of the molecule is Cc1nnc(Cl)c2c1ccc1c2n(C)c(=O)n1C. The highest BCUT2D eigenvalue weighted by Crippen LogP contribution is 2.29. The van der Waals surface area contributed by atoms with Crippen LogP contribution in [-0.2, 0) is 14.1 Å². The highest BCUT2D eigenvalue weighted by atomic mass is 35.5. The van der Waals surface area contributed by atoms with E-state index < -0.39 is 0 Å². The molecule has 0 aliphatic rings. The van der Waals surface area contributed by atoms with Gasteiger partial charge >= 0.3 is 5.69 Å². The third-order valence-electron chi connectivity index (χ3n) is 3.31. The van der Waals surface area contributed by atoms with E-state index in [0.717, 1.165) is 27.5 Å². The van der Waals surface area contributed by atoms with Gasteiger partial charge in [-0.25, -0.2) is 4.79 Å². The molecule has 0 spiro atoms. The summed E-state index contributed by atoms with van der Waals surface area (Å²) >= 11 is 6.14. The standard InChI is InChI=1S/C12H11ClN4O/c1-6-7-4-5-8-10(9(7)11(13)15-14-6)17(3)12(18)16(8)2/h4-5H,1-3H3. The molecule has 6 heteroatoms. The fourth-order valence-electron chi connectivity index (χ4n) is 2.35. The van der Waals surface area contributed by atoms with Gasteiger partial charge in [0.15, 0.2) is 5.15 Å². The van der Waals surface area contributed by atoms with Crippen molar-refractivity contribution in [1.29, 1.82) is 0 Å². The number of imidazole rings is 1. The van der Waals surface area contributed by atoms with Crippen molar-refractivity contribution in [3.8, 4) is 0 Å². The van der Waals surface area contributed by atoms with Crippen molar-refractivity contribution in [2.45, 2.75) is 6.92 Å². The van der Waals surface area contributed by atoms with Crippen LogP contribution in [0.5, 0.6) is 0 Å². The van der Waals surface area contributed by atoms with Gasteiger partial charge in [-0.1, -0.05) is 17.7 Å². The first kappa shape index (κ1) is 11.2. The summed E-state index contributed by atoms with van der Waals surface area (Å²) < 4.78 is 3.19. The minimum absolute atomic E-state index is 0.0805. The second kappa shape index (κ2) is 3.55. The molecule has 2 aromatic heterocycles. The minimum Gasteiger partial charge on any atom is -0.295 e. The van der Waals surface area contributed by atoms with Gasteiger partial charge in [0.05, 0.1) is 16.7 Å².